The first-order valence-corrected chi connectivity index (χ1v) is 7.25. The van der Waals surface area contributed by atoms with Gasteiger partial charge < -0.3 is 10.1 Å². The smallest absolute Gasteiger partial charge is 0.410 e. The van der Waals surface area contributed by atoms with Crippen LogP contribution in [0.5, 0.6) is 5.75 Å². The number of hydrogen-bond acceptors (Lipinski definition) is 2. The summed E-state index contributed by atoms with van der Waals surface area (Å²) in [6.45, 7) is 0. The van der Waals surface area contributed by atoms with Crippen molar-refractivity contribution in [3.8, 4) is 5.75 Å². The van der Waals surface area contributed by atoms with E-state index in [1.54, 1.807) is 48.5 Å². The van der Waals surface area contributed by atoms with E-state index in [2.05, 4.69) is 5.32 Å². The van der Waals surface area contributed by atoms with E-state index in [9.17, 15) is 4.79 Å². The number of hydrogen-bond donors (Lipinski definition) is 1. The Morgan fingerprint density at radius 1 is 0.952 bits per heavy atom. The molecule has 0 saturated heterocycles. The van der Waals surface area contributed by atoms with Crippen LogP contribution in [0, 0.1) is 0 Å². The first kappa shape index (κ1) is 16.0. The van der Waals surface area contributed by atoms with Crippen LogP contribution < -0.4 is 10.1 Å². The highest BCUT2D eigenvalue weighted by Crippen LogP contribution is 2.39. The summed E-state index contributed by atoms with van der Waals surface area (Å²) >= 11 is 17.8. The Kier molecular flexibility index (Phi) is 5.34. The number of halogens is 3. The molecule has 1 amide bonds. The molecule has 0 aliphatic rings. The standard InChI is InChI=1S/C15H12Cl3NO2/c16-15(17,18)13(11-7-3-1-4-8-11)19-14(20)21-12-9-5-2-6-10-12/h1-10,13H,(H,19,20). The van der Waals surface area contributed by atoms with Crippen molar-refractivity contribution in [2.75, 3.05) is 0 Å². The number of rotatable bonds is 3. The molecule has 0 radical (unpaired) electrons. The minimum atomic E-state index is -1.70. The van der Waals surface area contributed by atoms with Gasteiger partial charge in [-0.25, -0.2) is 4.79 Å². The molecule has 0 saturated carbocycles. The van der Waals surface area contributed by atoms with Crippen LogP contribution in [0.25, 0.3) is 0 Å². The van der Waals surface area contributed by atoms with Crippen molar-refractivity contribution >= 4 is 40.9 Å². The summed E-state index contributed by atoms with van der Waals surface area (Å²) in [4.78, 5) is 11.9. The summed E-state index contributed by atoms with van der Waals surface area (Å²) in [5, 5.41) is 2.56. The van der Waals surface area contributed by atoms with Crippen LogP contribution in [0.4, 0.5) is 4.79 Å². The number of nitrogens with one attached hydrogen (secondary N) is 1. The topological polar surface area (TPSA) is 38.3 Å². The summed E-state index contributed by atoms with van der Waals surface area (Å²) in [6, 6.07) is 16.8. The summed E-state index contributed by atoms with van der Waals surface area (Å²) in [5.41, 5.74) is 0.669. The summed E-state index contributed by atoms with van der Waals surface area (Å²) < 4.78 is 3.44. The van der Waals surface area contributed by atoms with Gasteiger partial charge in [0.1, 0.15) is 11.8 Å². The molecule has 2 rings (SSSR count). The monoisotopic (exact) mass is 343 g/mol. The highest BCUT2D eigenvalue weighted by molar-refractivity contribution is 6.68. The Balaban J connectivity index is 2.11. The molecular formula is C15H12Cl3NO2. The van der Waals surface area contributed by atoms with E-state index in [1.165, 1.54) is 0 Å². The SMILES string of the molecule is O=C(NC(c1ccccc1)C(Cl)(Cl)Cl)Oc1ccccc1. The van der Waals surface area contributed by atoms with E-state index in [0.717, 1.165) is 0 Å². The van der Waals surface area contributed by atoms with Crippen LogP contribution in [0.15, 0.2) is 60.7 Å². The molecule has 1 unspecified atom stereocenters. The largest absolute Gasteiger partial charge is 0.413 e. The molecule has 0 fully saturated rings. The molecule has 0 spiro atoms. The zero-order valence-electron chi connectivity index (χ0n) is 10.8. The molecule has 2 aromatic rings. The first-order chi connectivity index (χ1) is 9.97. The van der Waals surface area contributed by atoms with Crippen molar-refractivity contribution in [3.05, 3.63) is 66.2 Å². The van der Waals surface area contributed by atoms with Gasteiger partial charge in [-0.15, -0.1) is 0 Å². The Labute approximate surface area is 137 Å². The van der Waals surface area contributed by atoms with Crippen molar-refractivity contribution in [2.45, 2.75) is 9.83 Å². The number of carbonyl (C=O) groups excluding carboxylic acids is 1. The third-order valence-corrected chi connectivity index (χ3v) is 3.33. The molecule has 21 heavy (non-hydrogen) atoms. The Morgan fingerprint density at radius 2 is 1.48 bits per heavy atom. The molecule has 0 aliphatic heterocycles. The average molecular weight is 345 g/mol. The molecule has 2 aromatic carbocycles. The predicted molar refractivity (Wildman–Crippen MR) is 85.1 cm³/mol. The molecule has 0 bridgehead atoms. The van der Waals surface area contributed by atoms with Gasteiger partial charge in [0.15, 0.2) is 0 Å². The number of amides is 1. The van der Waals surface area contributed by atoms with Crippen molar-refractivity contribution in [1.29, 1.82) is 0 Å². The second kappa shape index (κ2) is 7.03. The Hall–Kier alpha value is -1.42. The molecule has 0 aliphatic carbocycles. The van der Waals surface area contributed by atoms with Gasteiger partial charge in [-0.2, -0.15) is 0 Å². The van der Waals surface area contributed by atoms with Crippen molar-refractivity contribution in [2.24, 2.45) is 0 Å². The van der Waals surface area contributed by atoms with Gasteiger partial charge in [-0.3, -0.25) is 0 Å². The fourth-order valence-electron chi connectivity index (χ4n) is 1.74. The quantitative estimate of drug-likeness (QED) is 0.805. The number of benzene rings is 2. The van der Waals surface area contributed by atoms with Crippen LogP contribution in [-0.2, 0) is 0 Å². The van der Waals surface area contributed by atoms with Crippen LogP contribution in [0.3, 0.4) is 0 Å². The van der Waals surface area contributed by atoms with Crippen LogP contribution in [0.2, 0.25) is 0 Å². The molecule has 3 nitrogen and oxygen atoms in total. The van der Waals surface area contributed by atoms with Gasteiger partial charge >= 0.3 is 6.09 Å². The molecule has 0 heterocycles. The zero-order valence-corrected chi connectivity index (χ0v) is 13.1. The van der Waals surface area contributed by atoms with E-state index in [-0.39, 0.29) is 0 Å². The van der Waals surface area contributed by atoms with Gasteiger partial charge in [-0.1, -0.05) is 83.3 Å². The predicted octanol–water partition coefficient (Wildman–Crippen LogP) is 4.89. The summed E-state index contributed by atoms with van der Waals surface area (Å²) in [6.07, 6.45) is -0.693. The fraction of sp³-hybridized carbons (Fsp3) is 0.133. The lowest BCUT2D eigenvalue weighted by Crippen LogP contribution is -2.38. The van der Waals surface area contributed by atoms with Gasteiger partial charge in [0, 0.05) is 0 Å². The van der Waals surface area contributed by atoms with Crippen LogP contribution >= 0.6 is 34.8 Å². The lowest BCUT2D eigenvalue weighted by Gasteiger charge is -2.25. The lowest BCUT2D eigenvalue weighted by molar-refractivity contribution is 0.196. The molecule has 6 heteroatoms. The second-order valence-electron chi connectivity index (χ2n) is 4.23. The third kappa shape index (κ3) is 4.81. The highest BCUT2D eigenvalue weighted by atomic mass is 35.6. The normalized spacial score (nSPS) is 12.5. The average Bonchev–Trinajstić information content (AvgIpc) is 2.45. The van der Waals surface area contributed by atoms with Crippen LogP contribution in [0.1, 0.15) is 11.6 Å². The zero-order chi connectivity index (χ0) is 15.3. The van der Waals surface area contributed by atoms with E-state index in [4.69, 9.17) is 39.5 Å². The minimum absolute atomic E-state index is 0.408. The highest BCUT2D eigenvalue weighted by Gasteiger charge is 2.35. The van der Waals surface area contributed by atoms with Crippen molar-refractivity contribution in [1.82, 2.24) is 5.32 Å². The van der Waals surface area contributed by atoms with E-state index < -0.39 is 15.9 Å². The fourth-order valence-corrected chi connectivity index (χ4v) is 2.28. The first-order valence-electron chi connectivity index (χ1n) is 6.12. The Morgan fingerprint density at radius 3 is 2.00 bits per heavy atom. The van der Waals surface area contributed by atoms with E-state index in [0.29, 0.717) is 11.3 Å². The second-order valence-corrected chi connectivity index (χ2v) is 6.60. The van der Waals surface area contributed by atoms with Gasteiger partial charge in [0.2, 0.25) is 3.79 Å². The van der Waals surface area contributed by atoms with Crippen molar-refractivity contribution < 1.29 is 9.53 Å². The van der Waals surface area contributed by atoms with Gasteiger partial charge in [0.05, 0.1) is 0 Å². The van der Waals surface area contributed by atoms with Crippen LogP contribution in [-0.4, -0.2) is 9.89 Å². The molecular weight excluding hydrogens is 333 g/mol. The Bertz CT molecular complexity index is 585. The molecule has 1 N–H and O–H groups in total. The third-order valence-electron chi connectivity index (χ3n) is 2.68. The minimum Gasteiger partial charge on any atom is -0.410 e. The lowest BCUT2D eigenvalue weighted by atomic mass is 10.1. The van der Waals surface area contributed by atoms with Gasteiger partial charge in [0.25, 0.3) is 0 Å². The number of para-hydroxylation sites is 1. The number of carbonyl (C=O) groups is 1. The maximum absolute atomic E-state index is 11.9. The summed E-state index contributed by atoms with van der Waals surface area (Å²) in [7, 11) is 0. The van der Waals surface area contributed by atoms with E-state index >= 15 is 0 Å². The number of ether oxygens (including phenoxy) is 1. The maximum Gasteiger partial charge on any atom is 0.413 e. The number of alkyl halides is 3. The maximum atomic E-state index is 11.9. The van der Waals surface area contributed by atoms with Crippen molar-refractivity contribution in [3.63, 3.8) is 0 Å². The van der Waals surface area contributed by atoms with E-state index in [1.807, 2.05) is 12.1 Å². The van der Waals surface area contributed by atoms with Gasteiger partial charge in [-0.05, 0) is 17.7 Å². The summed E-state index contributed by atoms with van der Waals surface area (Å²) in [5.74, 6) is 0.408. The molecule has 1 atom stereocenters. The molecule has 0 aromatic heterocycles. The molecule has 110 valence electrons.